The number of nitrogens with one attached hydrogen (secondary N) is 2. The number of hydrogen-bond donors (Lipinski definition) is 4. The molecular weight excluding hydrogens is 468 g/mol. The van der Waals surface area contributed by atoms with Crippen molar-refractivity contribution in [3.63, 3.8) is 0 Å². The number of benzene rings is 1. The van der Waals surface area contributed by atoms with Gasteiger partial charge in [-0.25, -0.2) is 9.18 Å². The summed E-state index contributed by atoms with van der Waals surface area (Å²) in [4.78, 5) is 58.6. The van der Waals surface area contributed by atoms with Gasteiger partial charge in [0.15, 0.2) is 0 Å². The fourth-order valence-electron chi connectivity index (χ4n) is 3.37. The second-order valence-electron chi connectivity index (χ2n) is 7.37. The predicted octanol–water partition coefficient (Wildman–Crippen LogP) is 1.40. The molecule has 1 unspecified atom stereocenters. The maximum atomic E-state index is 14.3. The highest BCUT2D eigenvalue weighted by Gasteiger charge is 2.47. The molecule has 0 aromatic heterocycles. The zero-order chi connectivity index (χ0) is 25.6. The van der Waals surface area contributed by atoms with E-state index in [1.807, 2.05) is 0 Å². The lowest BCUT2D eigenvalue weighted by Gasteiger charge is -2.27. The molecule has 34 heavy (non-hydrogen) atoms. The molecule has 1 aromatic rings. The van der Waals surface area contributed by atoms with Crippen molar-refractivity contribution < 1.29 is 46.6 Å². The lowest BCUT2D eigenvalue weighted by molar-refractivity contribution is -0.192. The molecule has 0 bridgehead atoms. The lowest BCUT2D eigenvalue weighted by Crippen LogP contribution is -2.54. The van der Waals surface area contributed by atoms with Gasteiger partial charge in [-0.1, -0.05) is 6.42 Å². The minimum absolute atomic E-state index is 0.0124. The van der Waals surface area contributed by atoms with Crippen molar-refractivity contribution in [3.05, 3.63) is 29.1 Å². The number of nitrogens with two attached hydrogens (primary N) is 1. The number of alkyl halides is 3. The van der Waals surface area contributed by atoms with Crippen LogP contribution in [0, 0.1) is 5.82 Å². The summed E-state index contributed by atoms with van der Waals surface area (Å²) in [6.07, 6.45) is -2.45. The van der Waals surface area contributed by atoms with Crippen molar-refractivity contribution in [1.82, 2.24) is 10.2 Å². The van der Waals surface area contributed by atoms with Gasteiger partial charge in [-0.3, -0.25) is 29.4 Å². The van der Waals surface area contributed by atoms with Crippen molar-refractivity contribution in [3.8, 4) is 0 Å². The molecule has 1 saturated heterocycles. The van der Waals surface area contributed by atoms with Crippen LogP contribution in [-0.4, -0.2) is 64.9 Å². The second kappa shape index (κ2) is 11.0. The number of halogens is 4. The zero-order valence-corrected chi connectivity index (χ0v) is 17.7. The number of piperidine rings is 1. The van der Waals surface area contributed by atoms with Crippen LogP contribution in [0.15, 0.2) is 12.1 Å². The lowest BCUT2D eigenvalue weighted by atomic mass is 10.0. The first-order valence-corrected chi connectivity index (χ1v) is 10.2. The molecule has 0 radical (unpaired) electrons. The third-order valence-corrected chi connectivity index (χ3v) is 4.98. The summed E-state index contributed by atoms with van der Waals surface area (Å²) in [5.74, 6) is -6.34. The van der Waals surface area contributed by atoms with E-state index in [9.17, 15) is 36.7 Å². The Balaban J connectivity index is 0.000000509. The number of hydrogen-bond acceptors (Lipinski definition) is 7. The Labute approximate surface area is 190 Å². The normalized spacial score (nSPS) is 17.7. The number of rotatable bonds is 7. The summed E-state index contributed by atoms with van der Waals surface area (Å²) in [6.45, 7) is 1.14. The number of anilines is 1. The third kappa shape index (κ3) is 6.07. The fourth-order valence-corrected chi connectivity index (χ4v) is 3.37. The SMILES string of the molecule is NCCCCCNc1ccc(F)c2c1C(=O)N(C1CCC(=O)NC1=O)C2=O.O=C(O)C(F)(F)F. The largest absolute Gasteiger partial charge is 0.490 e. The second-order valence-corrected chi connectivity index (χ2v) is 7.37. The highest BCUT2D eigenvalue weighted by molar-refractivity contribution is 6.25. The van der Waals surface area contributed by atoms with E-state index in [2.05, 4.69) is 10.6 Å². The summed E-state index contributed by atoms with van der Waals surface area (Å²) in [5, 5.41) is 12.3. The maximum Gasteiger partial charge on any atom is 0.490 e. The molecule has 0 aliphatic carbocycles. The van der Waals surface area contributed by atoms with Crippen molar-refractivity contribution in [2.24, 2.45) is 5.73 Å². The average Bonchev–Trinajstić information content (AvgIpc) is 3.01. The standard InChI is InChI=1S/C18H21FN4O4.C2HF3O2/c19-10-4-5-11(21-9-3-1-2-8-20)15-14(10)17(26)23(18(15)27)12-6-7-13(24)22-16(12)25;3-2(4,5)1(6)7/h4-5,12,21H,1-3,6-9,20H2,(H,22,24,25);(H,6,7). The quantitative estimate of drug-likeness (QED) is 0.254. The molecule has 1 fully saturated rings. The van der Waals surface area contributed by atoms with Crippen LogP contribution < -0.4 is 16.4 Å². The monoisotopic (exact) mass is 490 g/mol. The van der Waals surface area contributed by atoms with Gasteiger partial charge in [-0.15, -0.1) is 0 Å². The first kappa shape index (κ1) is 26.7. The van der Waals surface area contributed by atoms with E-state index in [1.54, 1.807) is 0 Å². The number of amides is 4. The van der Waals surface area contributed by atoms with Gasteiger partial charge in [0.2, 0.25) is 11.8 Å². The van der Waals surface area contributed by atoms with Gasteiger partial charge in [-0.05, 0) is 37.9 Å². The summed E-state index contributed by atoms with van der Waals surface area (Å²) in [6, 6.07) is 1.42. The highest BCUT2D eigenvalue weighted by atomic mass is 19.4. The molecule has 0 spiro atoms. The molecule has 0 saturated carbocycles. The van der Waals surface area contributed by atoms with Gasteiger partial charge < -0.3 is 16.2 Å². The Morgan fingerprint density at radius 1 is 1.12 bits per heavy atom. The van der Waals surface area contributed by atoms with Crippen molar-refractivity contribution >= 4 is 35.3 Å². The number of imide groups is 2. The molecule has 2 heterocycles. The molecule has 14 heteroatoms. The minimum Gasteiger partial charge on any atom is -0.475 e. The van der Waals surface area contributed by atoms with Gasteiger partial charge in [0.25, 0.3) is 11.8 Å². The van der Waals surface area contributed by atoms with Crippen LogP contribution in [-0.2, 0) is 14.4 Å². The summed E-state index contributed by atoms with van der Waals surface area (Å²) >= 11 is 0. The van der Waals surface area contributed by atoms with E-state index in [0.29, 0.717) is 18.8 Å². The van der Waals surface area contributed by atoms with Crippen LogP contribution in [0.1, 0.15) is 52.8 Å². The molecule has 186 valence electrons. The number of carbonyl (C=O) groups is 5. The molecule has 10 nitrogen and oxygen atoms in total. The summed E-state index contributed by atoms with van der Waals surface area (Å²) in [5.41, 5.74) is 5.40. The molecule has 2 aliphatic rings. The Morgan fingerprint density at radius 3 is 2.29 bits per heavy atom. The third-order valence-electron chi connectivity index (χ3n) is 4.98. The number of carboxylic acid groups (broad SMARTS) is 1. The molecule has 2 aliphatic heterocycles. The van der Waals surface area contributed by atoms with Gasteiger partial charge in [-0.2, -0.15) is 13.2 Å². The van der Waals surface area contributed by atoms with Crippen LogP contribution in [0.5, 0.6) is 0 Å². The van der Waals surface area contributed by atoms with Crippen molar-refractivity contribution in [1.29, 1.82) is 0 Å². The number of carboxylic acids is 1. The number of carbonyl (C=O) groups excluding carboxylic acids is 4. The van der Waals surface area contributed by atoms with E-state index in [4.69, 9.17) is 15.6 Å². The number of aliphatic carboxylic acids is 1. The molecule has 4 amide bonds. The number of fused-ring (bicyclic) bond motifs is 1. The van der Waals surface area contributed by atoms with Crippen LogP contribution in [0.25, 0.3) is 0 Å². The van der Waals surface area contributed by atoms with E-state index < -0.39 is 47.6 Å². The topological polar surface area (TPSA) is 159 Å². The van der Waals surface area contributed by atoms with E-state index in [-0.39, 0.29) is 24.0 Å². The van der Waals surface area contributed by atoms with E-state index in [0.717, 1.165) is 30.2 Å². The Bertz CT molecular complexity index is 998. The number of nitrogens with zero attached hydrogens (tertiary/aromatic N) is 1. The Kier molecular flexibility index (Phi) is 8.68. The minimum atomic E-state index is -5.08. The van der Waals surface area contributed by atoms with E-state index >= 15 is 0 Å². The predicted molar refractivity (Wildman–Crippen MR) is 108 cm³/mol. The van der Waals surface area contributed by atoms with Gasteiger partial charge in [0, 0.05) is 18.7 Å². The first-order valence-electron chi connectivity index (χ1n) is 10.2. The van der Waals surface area contributed by atoms with Crippen molar-refractivity contribution in [2.45, 2.75) is 44.3 Å². The molecular formula is C20H22F4N4O6. The van der Waals surface area contributed by atoms with Crippen LogP contribution in [0.2, 0.25) is 0 Å². The average molecular weight is 490 g/mol. The van der Waals surface area contributed by atoms with Crippen LogP contribution in [0.4, 0.5) is 23.2 Å². The molecule has 5 N–H and O–H groups in total. The molecule has 3 rings (SSSR count). The Hall–Kier alpha value is -3.55. The van der Waals surface area contributed by atoms with Gasteiger partial charge >= 0.3 is 12.1 Å². The summed E-state index contributed by atoms with van der Waals surface area (Å²) in [7, 11) is 0. The zero-order valence-electron chi connectivity index (χ0n) is 17.7. The summed E-state index contributed by atoms with van der Waals surface area (Å²) < 4.78 is 46.0. The Morgan fingerprint density at radius 2 is 1.74 bits per heavy atom. The van der Waals surface area contributed by atoms with Crippen molar-refractivity contribution in [2.75, 3.05) is 18.4 Å². The van der Waals surface area contributed by atoms with Gasteiger partial charge in [0.05, 0.1) is 11.1 Å². The van der Waals surface area contributed by atoms with Gasteiger partial charge in [0.1, 0.15) is 11.9 Å². The maximum absolute atomic E-state index is 14.3. The van der Waals surface area contributed by atoms with E-state index in [1.165, 1.54) is 6.07 Å². The van der Waals surface area contributed by atoms with Crippen LogP contribution in [0.3, 0.4) is 0 Å². The fraction of sp³-hybridized carbons (Fsp3) is 0.450. The first-order chi connectivity index (χ1) is 15.9. The molecule has 1 atom stereocenters. The molecule has 1 aromatic carbocycles. The number of unbranched alkanes of at least 4 members (excludes halogenated alkanes) is 2. The smallest absolute Gasteiger partial charge is 0.475 e. The van der Waals surface area contributed by atoms with Crippen LogP contribution >= 0.6 is 0 Å². The highest BCUT2D eigenvalue weighted by Crippen LogP contribution is 2.34.